The first-order chi connectivity index (χ1) is 19.4. The Labute approximate surface area is 229 Å². The van der Waals surface area contributed by atoms with Crippen LogP contribution < -0.4 is 11.1 Å². The summed E-state index contributed by atoms with van der Waals surface area (Å²) >= 11 is 0. The third kappa shape index (κ3) is 3.99. The number of anilines is 1. The summed E-state index contributed by atoms with van der Waals surface area (Å²) < 4.78 is 39.7. The minimum atomic E-state index is -0.617. The average molecular weight is 538 g/mol. The van der Waals surface area contributed by atoms with Crippen LogP contribution >= 0.6 is 0 Å². The Bertz CT molecular complexity index is 1750. The topological polar surface area (TPSA) is 86.5 Å². The van der Waals surface area contributed by atoms with Gasteiger partial charge in [0.1, 0.15) is 29.7 Å². The Morgan fingerprint density at radius 2 is 1.75 bits per heavy atom. The molecule has 6 nitrogen and oxygen atoms in total. The molecule has 2 unspecified atom stereocenters. The molecule has 0 fully saturated rings. The summed E-state index contributed by atoms with van der Waals surface area (Å²) in [6.45, 7) is 3.21. The number of carbonyl (C=O) groups is 1. The molecule has 2 atom stereocenters. The summed E-state index contributed by atoms with van der Waals surface area (Å²) in [5, 5.41) is 3.03. The van der Waals surface area contributed by atoms with Crippen molar-refractivity contribution in [3.8, 4) is 11.1 Å². The van der Waals surface area contributed by atoms with Crippen LogP contribution in [0.15, 0.2) is 66.7 Å². The van der Waals surface area contributed by atoms with E-state index in [4.69, 9.17) is 15.2 Å². The van der Waals surface area contributed by atoms with E-state index in [0.717, 1.165) is 50.7 Å². The lowest BCUT2D eigenvalue weighted by Crippen LogP contribution is -2.24. The monoisotopic (exact) mass is 537 g/mol. The second-order valence-electron chi connectivity index (χ2n) is 10.3. The molecule has 4 heterocycles. The number of amides is 1. The van der Waals surface area contributed by atoms with Crippen LogP contribution in [0.25, 0.3) is 16.7 Å². The molecule has 0 saturated carbocycles. The van der Waals surface area contributed by atoms with Gasteiger partial charge in [0.05, 0.1) is 13.2 Å². The number of nitrogens with zero attached hydrogens (tertiary/aromatic N) is 1. The number of rotatable bonds is 5. The van der Waals surface area contributed by atoms with Crippen molar-refractivity contribution in [3.05, 3.63) is 123 Å². The number of nitrogens with two attached hydrogens (primary N) is 1. The van der Waals surface area contributed by atoms with Crippen molar-refractivity contribution in [3.63, 3.8) is 0 Å². The zero-order valence-electron chi connectivity index (χ0n) is 21.6. The van der Waals surface area contributed by atoms with Crippen molar-refractivity contribution < 1.29 is 23.0 Å². The predicted octanol–water partition coefficient (Wildman–Crippen LogP) is 5.78. The number of aromatic nitrogens is 1. The lowest BCUT2D eigenvalue weighted by molar-refractivity contribution is 0.0857. The molecule has 2 bridgehead atoms. The van der Waals surface area contributed by atoms with Crippen LogP contribution in [0.4, 0.5) is 14.6 Å². The fraction of sp³-hybridized carbons (Fsp3) is 0.188. The Morgan fingerprint density at radius 3 is 2.52 bits per heavy atom. The molecule has 3 aromatic carbocycles. The number of nitrogens with one attached hydrogen (secondary N) is 1. The van der Waals surface area contributed by atoms with Crippen LogP contribution in [0.1, 0.15) is 61.6 Å². The molecule has 200 valence electrons. The maximum Gasteiger partial charge on any atom is 0.251 e. The summed E-state index contributed by atoms with van der Waals surface area (Å²) in [5.74, 6) is -1.02. The second-order valence-corrected chi connectivity index (χ2v) is 10.3. The van der Waals surface area contributed by atoms with Crippen LogP contribution in [-0.4, -0.2) is 24.1 Å². The minimum absolute atomic E-state index is 0.216. The summed E-state index contributed by atoms with van der Waals surface area (Å²) in [5.41, 5.74) is 15.0. The highest BCUT2D eigenvalue weighted by Gasteiger charge is 2.43. The molecule has 0 spiro atoms. The van der Waals surface area contributed by atoms with Gasteiger partial charge in [0.25, 0.3) is 5.91 Å². The highest BCUT2D eigenvalue weighted by atomic mass is 19.1. The standard InChI is InChI=1S/C32H25F2N3O3/c1-16-27(24(13-29(35)37-16)19-8-9-39-15-19)14-36-32(38)18-3-6-23-26(11-18)31-25-10-17(2-5-22(25)30(23)40-31)21-7-4-20(33)12-28(21)34/h2-8,10-13,30-31H,9,14-15H2,1H3,(H2,35,37)(H,36,38). The second kappa shape index (κ2) is 9.36. The zero-order chi connectivity index (χ0) is 27.5. The van der Waals surface area contributed by atoms with Crippen LogP contribution in [0, 0.1) is 18.6 Å². The number of nitrogen functional groups attached to an aromatic ring is 1. The van der Waals surface area contributed by atoms with Crippen molar-refractivity contribution in [2.24, 2.45) is 0 Å². The summed E-state index contributed by atoms with van der Waals surface area (Å²) in [6.07, 6.45) is 1.41. The van der Waals surface area contributed by atoms with Gasteiger partial charge in [0.2, 0.25) is 0 Å². The maximum absolute atomic E-state index is 14.5. The quantitative estimate of drug-likeness (QED) is 0.337. The summed E-state index contributed by atoms with van der Waals surface area (Å²) in [7, 11) is 0. The number of aryl methyl sites for hydroxylation is 1. The Morgan fingerprint density at radius 1 is 0.975 bits per heavy atom. The first-order valence-corrected chi connectivity index (χ1v) is 13.1. The van der Waals surface area contributed by atoms with Crippen LogP contribution in [0.5, 0.6) is 0 Å². The molecule has 1 amide bonds. The lowest BCUT2D eigenvalue weighted by Gasteiger charge is -2.18. The van der Waals surface area contributed by atoms with Gasteiger partial charge in [0.15, 0.2) is 0 Å². The van der Waals surface area contributed by atoms with E-state index >= 15 is 0 Å². The van der Waals surface area contributed by atoms with Crippen molar-refractivity contribution in [2.75, 3.05) is 18.9 Å². The largest absolute Gasteiger partial charge is 0.384 e. The first-order valence-electron chi connectivity index (χ1n) is 13.1. The Hall–Kier alpha value is -4.40. The molecule has 8 heteroatoms. The van der Waals surface area contributed by atoms with Gasteiger partial charge in [-0.15, -0.1) is 0 Å². The van der Waals surface area contributed by atoms with Crippen molar-refractivity contribution in [1.29, 1.82) is 0 Å². The van der Waals surface area contributed by atoms with E-state index < -0.39 is 11.6 Å². The van der Waals surface area contributed by atoms with Gasteiger partial charge in [-0.2, -0.15) is 0 Å². The molecule has 0 radical (unpaired) electrons. The molecule has 40 heavy (non-hydrogen) atoms. The predicted molar refractivity (Wildman–Crippen MR) is 146 cm³/mol. The van der Waals surface area contributed by atoms with Crippen molar-refractivity contribution >= 4 is 17.3 Å². The molecule has 3 aliphatic rings. The fourth-order valence-corrected chi connectivity index (χ4v) is 5.96. The molecule has 0 aliphatic carbocycles. The van der Waals surface area contributed by atoms with E-state index in [2.05, 4.69) is 10.3 Å². The molecule has 0 saturated heterocycles. The van der Waals surface area contributed by atoms with E-state index in [1.165, 1.54) is 12.1 Å². The number of ether oxygens (including phenoxy) is 2. The van der Waals surface area contributed by atoms with E-state index in [1.807, 2.05) is 55.5 Å². The smallest absolute Gasteiger partial charge is 0.251 e. The first kappa shape index (κ1) is 24.6. The van der Waals surface area contributed by atoms with Gasteiger partial charge in [-0.25, -0.2) is 13.8 Å². The number of carbonyl (C=O) groups excluding carboxylic acids is 1. The normalized spacial score (nSPS) is 18.4. The summed E-state index contributed by atoms with van der Waals surface area (Å²) in [4.78, 5) is 17.7. The lowest BCUT2D eigenvalue weighted by atomic mass is 9.83. The number of pyridine rings is 1. The third-order valence-electron chi connectivity index (χ3n) is 7.91. The average Bonchev–Trinajstić information content (AvgIpc) is 3.68. The third-order valence-corrected chi connectivity index (χ3v) is 7.91. The van der Waals surface area contributed by atoms with Crippen LogP contribution in [0.2, 0.25) is 0 Å². The van der Waals surface area contributed by atoms with Gasteiger partial charge in [-0.1, -0.05) is 24.3 Å². The molecular formula is C32H25F2N3O3. The molecule has 1 aromatic heterocycles. The van der Waals surface area contributed by atoms with E-state index in [0.29, 0.717) is 42.3 Å². The van der Waals surface area contributed by atoms with Crippen molar-refractivity contribution in [1.82, 2.24) is 10.3 Å². The number of halogens is 2. The van der Waals surface area contributed by atoms with Crippen molar-refractivity contribution in [2.45, 2.75) is 25.7 Å². The maximum atomic E-state index is 14.5. The van der Waals surface area contributed by atoms with Gasteiger partial charge in [-0.3, -0.25) is 4.79 Å². The van der Waals surface area contributed by atoms with Gasteiger partial charge < -0.3 is 20.5 Å². The Balaban J connectivity index is 1.15. The zero-order valence-corrected chi connectivity index (χ0v) is 21.6. The number of hydrogen-bond donors (Lipinski definition) is 2. The van der Waals surface area contributed by atoms with E-state index in [1.54, 1.807) is 0 Å². The van der Waals surface area contributed by atoms with Crippen LogP contribution in [0.3, 0.4) is 0 Å². The molecule has 3 N–H and O–H groups in total. The minimum Gasteiger partial charge on any atom is -0.384 e. The molecule has 3 aliphatic heterocycles. The molecule has 7 rings (SSSR count). The highest BCUT2D eigenvalue weighted by Crippen LogP contribution is 2.54. The van der Waals surface area contributed by atoms with Gasteiger partial charge >= 0.3 is 0 Å². The molecule has 4 aromatic rings. The SMILES string of the molecule is Cc1nc(N)cc(C2=CCOC2)c1CNC(=O)c1ccc2c(c1)C1OC2c2ccc(-c3ccc(F)cc3F)cc21. The van der Waals surface area contributed by atoms with Gasteiger partial charge in [0, 0.05) is 35.0 Å². The number of benzene rings is 3. The fourth-order valence-electron chi connectivity index (χ4n) is 5.96. The summed E-state index contributed by atoms with van der Waals surface area (Å²) in [6, 6.07) is 16.7. The van der Waals surface area contributed by atoms with E-state index in [-0.39, 0.29) is 18.1 Å². The van der Waals surface area contributed by atoms with Crippen LogP contribution in [-0.2, 0) is 16.0 Å². The van der Waals surface area contributed by atoms with Gasteiger partial charge in [-0.05, 0) is 82.3 Å². The van der Waals surface area contributed by atoms with E-state index in [9.17, 15) is 13.6 Å². The number of fused-ring (bicyclic) bond motifs is 8. The molecular weight excluding hydrogens is 512 g/mol. The Kier molecular flexibility index (Phi) is 5.76. The highest BCUT2D eigenvalue weighted by molar-refractivity contribution is 5.94. The number of hydrogen-bond acceptors (Lipinski definition) is 5.